The van der Waals surface area contributed by atoms with Crippen LogP contribution in [0.2, 0.25) is 10.0 Å². The van der Waals surface area contributed by atoms with Crippen molar-refractivity contribution in [2.24, 2.45) is 0 Å². The fourth-order valence-corrected chi connectivity index (χ4v) is 3.82. The van der Waals surface area contributed by atoms with Crippen LogP contribution in [0, 0.1) is 11.6 Å². The molecule has 0 aliphatic rings. The maximum absolute atomic E-state index is 14.1. The van der Waals surface area contributed by atoms with E-state index in [0.717, 1.165) is 12.1 Å². The highest BCUT2D eigenvalue weighted by atomic mass is 35.5. The molecule has 134 valence electrons. The van der Waals surface area contributed by atoms with Crippen LogP contribution in [0.25, 0.3) is 11.1 Å². The van der Waals surface area contributed by atoms with Crippen LogP contribution in [0.5, 0.6) is 0 Å². The molecule has 0 radical (unpaired) electrons. The van der Waals surface area contributed by atoms with Crippen molar-refractivity contribution in [3.63, 3.8) is 0 Å². The average molecular weight is 414 g/mol. The van der Waals surface area contributed by atoms with Gasteiger partial charge in [0.15, 0.2) is 0 Å². The first kappa shape index (κ1) is 18.6. The standard InChI is InChI=1S/C18H11Cl2F2NO2S/c19-15-8-6-12(10-16(15)20)26(24,25)23-18-9-11(21)5-7-14(18)13-3-1-2-4-17(13)22/h1-10,23H. The lowest BCUT2D eigenvalue weighted by atomic mass is 10.0. The van der Waals surface area contributed by atoms with Crippen molar-refractivity contribution in [2.45, 2.75) is 4.90 Å². The van der Waals surface area contributed by atoms with Gasteiger partial charge in [-0.05, 0) is 42.5 Å². The number of rotatable bonds is 4. The molecule has 0 amide bonds. The summed E-state index contributed by atoms with van der Waals surface area (Å²) in [7, 11) is -4.09. The summed E-state index contributed by atoms with van der Waals surface area (Å²) in [5.41, 5.74) is 0.244. The maximum Gasteiger partial charge on any atom is 0.261 e. The molecule has 0 aromatic heterocycles. The zero-order valence-electron chi connectivity index (χ0n) is 13.0. The smallest absolute Gasteiger partial charge is 0.261 e. The Hall–Kier alpha value is -2.15. The molecular weight excluding hydrogens is 403 g/mol. The number of anilines is 1. The van der Waals surface area contributed by atoms with Crippen molar-refractivity contribution in [2.75, 3.05) is 4.72 Å². The van der Waals surface area contributed by atoms with Crippen molar-refractivity contribution in [1.29, 1.82) is 0 Å². The van der Waals surface area contributed by atoms with E-state index in [9.17, 15) is 17.2 Å². The highest BCUT2D eigenvalue weighted by Gasteiger charge is 2.19. The number of sulfonamides is 1. The molecule has 0 saturated heterocycles. The van der Waals surface area contributed by atoms with Crippen molar-refractivity contribution in [3.05, 3.63) is 82.3 Å². The Morgan fingerprint density at radius 2 is 1.54 bits per heavy atom. The van der Waals surface area contributed by atoms with E-state index in [1.807, 2.05) is 0 Å². The number of nitrogens with one attached hydrogen (secondary N) is 1. The van der Waals surface area contributed by atoms with E-state index >= 15 is 0 Å². The molecule has 0 spiro atoms. The molecule has 0 aliphatic heterocycles. The van der Waals surface area contributed by atoms with Crippen LogP contribution in [0.15, 0.2) is 65.6 Å². The SMILES string of the molecule is O=S(=O)(Nc1cc(F)ccc1-c1ccccc1F)c1ccc(Cl)c(Cl)c1. The molecule has 3 rings (SSSR count). The summed E-state index contributed by atoms with van der Waals surface area (Å²) >= 11 is 11.7. The molecule has 1 N–H and O–H groups in total. The second-order valence-corrected chi connectivity index (χ2v) is 7.85. The van der Waals surface area contributed by atoms with Crippen LogP contribution >= 0.6 is 23.2 Å². The van der Waals surface area contributed by atoms with Gasteiger partial charge < -0.3 is 0 Å². The van der Waals surface area contributed by atoms with Gasteiger partial charge in [-0.3, -0.25) is 4.72 Å². The molecule has 0 fully saturated rings. The normalized spacial score (nSPS) is 11.4. The van der Waals surface area contributed by atoms with E-state index in [2.05, 4.69) is 4.72 Å². The van der Waals surface area contributed by atoms with Gasteiger partial charge in [0.25, 0.3) is 10.0 Å². The first-order valence-electron chi connectivity index (χ1n) is 7.30. The van der Waals surface area contributed by atoms with E-state index in [4.69, 9.17) is 23.2 Å². The highest BCUT2D eigenvalue weighted by Crippen LogP contribution is 2.33. The molecule has 3 nitrogen and oxygen atoms in total. The number of benzene rings is 3. The van der Waals surface area contributed by atoms with Gasteiger partial charge in [-0.15, -0.1) is 0 Å². The minimum absolute atomic E-state index is 0.0584. The quantitative estimate of drug-likeness (QED) is 0.592. The first-order valence-corrected chi connectivity index (χ1v) is 9.54. The molecule has 0 aliphatic carbocycles. The van der Waals surface area contributed by atoms with Crippen molar-refractivity contribution < 1.29 is 17.2 Å². The lowest BCUT2D eigenvalue weighted by molar-refractivity contribution is 0.601. The molecule has 0 unspecified atom stereocenters. The Morgan fingerprint density at radius 1 is 0.808 bits per heavy atom. The van der Waals surface area contributed by atoms with Crippen LogP contribution in [-0.4, -0.2) is 8.42 Å². The van der Waals surface area contributed by atoms with E-state index in [1.54, 1.807) is 6.07 Å². The van der Waals surface area contributed by atoms with E-state index in [1.165, 1.54) is 42.5 Å². The van der Waals surface area contributed by atoms with Gasteiger partial charge in [-0.2, -0.15) is 0 Å². The Bertz CT molecular complexity index is 1090. The third-order valence-corrected chi connectivity index (χ3v) is 5.69. The third-order valence-electron chi connectivity index (χ3n) is 3.59. The van der Waals surface area contributed by atoms with E-state index in [0.29, 0.717) is 0 Å². The predicted octanol–water partition coefficient (Wildman–Crippen LogP) is 5.74. The topological polar surface area (TPSA) is 46.2 Å². The average Bonchev–Trinajstić information content (AvgIpc) is 2.58. The van der Waals surface area contributed by atoms with Gasteiger partial charge in [0.1, 0.15) is 11.6 Å². The second kappa shape index (κ2) is 7.23. The minimum Gasteiger partial charge on any atom is -0.279 e. The van der Waals surface area contributed by atoms with Gasteiger partial charge in [-0.1, -0.05) is 41.4 Å². The van der Waals surface area contributed by atoms with Crippen molar-refractivity contribution in [3.8, 4) is 11.1 Å². The van der Waals surface area contributed by atoms with Crippen molar-refractivity contribution >= 4 is 38.9 Å². The van der Waals surface area contributed by atoms with Gasteiger partial charge in [0.05, 0.1) is 20.6 Å². The molecule has 3 aromatic rings. The lowest BCUT2D eigenvalue weighted by Gasteiger charge is -2.14. The van der Waals surface area contributed by atoms with Crippen LogP contribution in [-0.2, 0) is 10.0 Å². The van der Waals surface area contributed by atoms with Gasteiger partial charge in [-0.25, -0.2) is 17.2 Å². The summed E-state index contributed by atoms with van der Waals surface area (Å²) in [4.78, 5) is -0.157. The summed E-state index contributed by atoms with van der Waals surface area (Å²) < 4.78 is 55.3. The van der Waals surface area contributed by atoms with Gasteiger partial charge in [0, 0.05) is 11.1 Å². The summed E-state index contributed by atoms with van der Waals surface area (Å²) in [5.74, 6) is -1.23. The van der Waals surface area contributed by atoms with Crippen molar-refractivity contribution in [1.82, 2.24) is 0 Å². The number of halogens is 4. The molecule has 0 bridgehead atoms. The van der Waals surface area contributed by atoms with Crippen LogP contribution in [0.3, 0.4) is 0 Å². The predicted molar refractivity (Wildman–Crippen MR) is 99.1 cm³/mol. The van der Waals surface area contributed by atoms with E-state index < -0.39 is 21.7 Å². The third kappa shape index (κ3) is 3.82. The number of hydrogen-bond acceptors (Lipinski definition) is 2. The zero-order chi connectivity index (χ0) is 18.9. The summed E-state index contributed by atoms with van der Waals surface area (Å²) in [6, 6.07) is 13.0. The first-order chi connectivity index (χ1) is 12.3. The lowest BCUT2D eigenvalue weighted by Crippen LogP contribution is -2.14. The molecule has 3 aromatic carbocycles. The summed E-state index contributed by atoms with van der Waals surface area (Å²) in [6.07, 6.45) is 0. The largest absolute Gasteiger partial charge is 0.279 e. The fourth-order valence-electron chi connectivity index (χ4n) is 2.36. The summed E-state index contributed by atoms with van der Waals surface area (Å²) in [5, 5.41) is 0.256. The zero-order valence-corrected chi connectivity index (χ0v) is 15.3. The number of hydrogen-bond donors (Lipinski definition) is 1. The Kier molecular flexibility index (Phi) is 5.18. The molecular formula is C18H11Cl2F2NO2S. The molecule has 0 saturated carbocycles. The molecule has 8 heteroatoms. The summed E-state index contributed by atoms with van der Waals surface area (Å²) in [6.45, 7) is 0. The maximum atomic E-state index is 14.1. The minimum atomic E-state index is -4.09. The molecule has 26 heavy (non-hydrogen) atoms. The highest BCUT2D eigenvalue weighted by molar-refractivity contribution is 7.92. The molecule has 0 atom stereocenters. The van der Waals surface area contributed by atoms with Crippen LogP contribution in [0.4, 0.5) is 14.5 Å². The van der Waals surface area contributed by atoms with Crippen LogP contribution in [0.1, 0.15) is 0 Å². The monoisotopic (exact) mass is 413 g/mol. The van der Waals surface area contributed by atoms with Crippen LogP contribution < -0.4 is 4.72 Å². The second-order valence-electron chi connectivity index (χ2n) is 5.35. The van der Waals surface area contributed by atoms with Gasteiger partial charge >= 0.3 is 0 Å². The Morgan fingerprint density at radius 3 is 2.23 bits per heavy atom. The molecule has 0 heterocycles. The fraction of sp³-hybridized carbons (Fsp3) is 0. The Balaban J connectivity index is 2.08. The Labute approximate surface area is 159 Å². The van der Waals surface area contributed by atoms with Gasteiger partial charge in [0.2, 0.25) is 0 Å². The van der Waals surface area contributed by atoms with E-state index in [-0.39, 0.29) is 31.8 Å².